The Bertz CT molecular complexity index is 285. The summed E-state index contributed by atoms with van der Waals surface area (Å²) in [5.41, 5.74) is 0. The van der Waals surface area contributed by atoms with Gasteiger partial charge in [0, 0.05) is 25.7 Å². The first-order valence-corrected chi connectivity index (χ1v) is 9.36. The van der Waals surface area contributed by atoms with Crippen molar-refractivity contribution in [2.24, 2.45) is 5.92 Å². The van der Waals surface area contributed by atoms with Gasteiger partial charge in [-0.15, -0.1) is 0 Å². The molecule has 4 nitrogen and oxygen atoms in total. The van der Waals surface area contributed by atoms with E-state index in [1.165, 1.54) is 51.4 Å². The molecule has 1 aliphatic heterocycles. The van der Waals surface area contributed by atoms with E-state index in [9.17, 15) is 5.11 Å². The molecule has 1 heterocycles. The van der Waals surface area contributed by atoms with Crippen molar-refractivity contribution in [2.75, 3.05) is 33.4 Å². The van der Waals surface area contributed by atoms with Crippen LogP contribution in [0.25, 0.3) is 0 Å². The van der Waals surface area contributed by atoms with E-state index in [0.29, 0.717) is 12.6 Å². The molecule has 1 atom stereocenters. The first kappa shape index (κ1) is 18.2. The standard InChI is InChI=1S/C18H36N2O2/c1-3-4-15-5-7-16(8-6-15)19-17-9-11-20(12-10-17)13-18(21)14-22-2/h15-19,21H,3-14H2,1-2H3. The molecule has 4 heteroatoms. The van der Waals surface area contributed by atoms with Gasteiger partial charge in [-0.05, 0) is 57.5 Å². The van der Waals surface area contributed by atoms with Crippen LogP contribution in [0.4, 0.5) is 0 Å². The molecule has 1 unspecified atom stereocenters. The second-order valence-corrected chi connectivity index (χ2v) is 7.36. The molecule has 2 rings (SSSR count). The van der Waals surface area contributed by atoms with E-state index in [-0.39, 0.29) is 6.10 Å². The zero-order valence-electron chi connectivity index (χ0n) is 14.6. The maximum atomic E-state index is 9.81. The molecule has 0 aromatic carbocycles. The van der Waals surface area contributed by atoms with Crippen LogP contribution in [-0.2, 0) is 4.74 Å². The highest BCUT2D eigenvalue weighted by atomic mass is 16.5. The summed E-state index contributed by atoms with van der Waals surface area (Å²) in [4.78, 5) is 2.38. The molecule has 0 aromatic heterocycles. The number of methoxy groups -OCH3 is 1. The van der Waals surface area contributed by atoms with Gasteiger partial charge in [-0.3, -0.25) is 0 Å². The fraction of sp³-hybridized carbons (Fsp3) is 1.00. The highest BCUT2D eigenvalue weighted by molar-refractivity contribution is 4.84. The van der Waals surface area contributed by atoms with Gasteiger partial charge in [-0.1, -0.05) is 19.8 Å². The molecule has 2 N–H and O–H groups in total. The number of hydrogen-bond acceptors (Lipinski definition) is 4. The van der Waals surface area contributed by atoms with Crippen LogP contribution in [0.3, 0.4) is 0 Å². The summed E-state index contributed by atoms with van der Waals surface area (Å²) in [7, 11) is 1.65. The Morgan fingerprint density at radius 2 is 1.73 bits per heavy atom. The third-order valence-corrected chi connectivity index (χ3v) is 5.43. The first-order valence-electron chi connectivity index (χ1n) is 9.36. The monoisotopic (exact) mass is 312 g/mol. The van der Waals surface area contributed by atoms with E-state index in [0.717, 1.165) is 31.6 Å². The number of hydrogen-bond donors (Lipinski definition) is 2. The molecule has 0 spiro atoms. The number of piperidine rings is 1. The molecular weight excluding hydrogens is 276 g/mol. The van der Waals surface area contributed by atoms with Gasteiger partial charge in [0.05, 0.1) is 12.7 Å². The number of nitrogens with one attached hydrogen (secondary N) is 1. The lowest BCUT2D eigenvalue weighted by atomic mass is 9.83. The van der Waals surface area contributed by atoms with Crippen LogP contribution in [0.2, 0.25) is 0 Å². The predicted molar refractivity (Wildman–Crippen MR) is 91.1 cm³/mol. The topological polar surface area (TPSA) is 44.7 Å². The van der Waals surface area contributed by atoms with Crippen molar-refractivity contribution < 1.29 is 9.84 Å². The van der Waals surface area contributed by atoms with Crippen LogP contribution in [0.5, 0.6) is 0 Å². The van der Waals surface area contributed by atoms with Gasteiger partial charge in [0.15, 0.2) is 0 Å². The molecular formula is C18H36N2O2. The summed E-state index contributed by atoms with van der Waals surface area (Å²) >= 11 is 0. The number of aliphatic hydroxyl groups excluding tert-OH is 1. The second kappa shape index (κ2) is 9.86. The van der Waals surface area contributed by atoms with Crippen LogP contribution >= 0.6 is 0 Å². The SMILES string of the molecule is CCCC1CCC(NC2CCN(CC(O)COC)CC2)CC1. The lowest BCUT2D eigenvalue weighted by Gasteiger charge is -2.37. The number of aliphatic hydroxyl groups is 1. The molecule has 2 aliphatic rings. The van der Waals surface area contributed by atoms with Gasteiger partial charge >= 0.3 is 0 Å². The predicted octanol–water partition coefficient (Wildman–Crippen LogP) is 2.41. The van der Waals surface area contributed by atoms with Crippen molar-refractivity contribution in [2.45, 2.75) is 76.5 Å². The van der Waals surface area contributed by atoms with Crippen LogP contribution in [0.1, 0.15) is 58.3 Å². The Labute approximate surface area is 136 Å². The molecule has 130 valence electrons. The van der Waals surface area contributed by atoms with Crippen molar-refractivity contribution >= 4 is 0 Å². The lowest BCUT2D eigenvalue weighted by molar-refractivity contribution is 0.0304. The minimum absolute atomic E-state index is 0.344. The first-order chi connectivity index (χ1) is 10.7. The average Bonchev–Trinajstić information content (AvgIpc) is 2.52. The number of β-amino-alcohol motifs (C(OH)–C–C–N with tert-alkyl or cyclic N) is 1. The number of likely N-dealkylation sites (tertiary alicyclic amines) is 1. The van der Waals surface area contributed by atoms with Gasteiger partial charge in [0.1, 0.15) is 0 Å². The largest absolute Gasteiger partial charge is 0.389 e. The molecule has 1 saturated heterocycles. The van der Waals surface area contributed by atoms with Crippen molar-refractivity contribution in [1.82, 2.24) is 10.2 Å². The van der Waals surface area contributed by atoms with Gasteiger partial charge in [0.2, 0.25) is 0 Å². The van der Waals surface area contributed by atoms with E-state index in [2.05, 4.69) is 17.1 Å². The zero-order valence-corrected chi connectivity index (χ0v) is 14.6. The van der Waals surface area contributed by atoms with Crippen molar-refractivity contribution in [1.29, 1.82) is 0 Å². The fourth-order valence-electron chi connectivity index (χ4n) is 4.18. The van der Waals surface area contributed by atoms with Gasteiger partial charge in [-0.25, -0.2) is 0 Å². The smallest absolute Gasteiger partial charge is 0.0900 e. The van der Waals surface area contributed by atoms with Crippen molar-refractivity contribution in [3.8, 4) is 0 Å². The molecule has 0 amide bonds. The Kier molecular flexibility index (Phi) is 8.15. The van der Waals surface area contributed by atoms with Gasteiger partial charge in [0.25, 0.3) is 0 Å². The summed E-state index contributed by atoms with van der Waals surface area (Å²) in [6, 6.07) is 1.44. The van der Waals surface area contributed by atoms with E-state index in [1.54, 1.807) is 7.11 Å². The molecule has 22 heavy (non-hydrogen) atoms. The minimum atomic E-state index is -0.344. The van der Waals surface area contributed by atoms with E-state index in [4.69, 9.17) is 4.74 Å². The molecule has 1 saturated carbocycles. The molecule has 0 bridgehead atoms. The quantitative estimate of drug-likeness (QED) is 0.722. The number of ether oxygens (including phenoxy) is 1. The maximum Gasteiger partial charge on any atom is 0.0900 e. The summed E-state index contributed by atoms with van der Waals surface area (Å²) in [6.45, 7) is 5.71. The third kappa shape index (κ3) is 6.15. The van der Waals surface area contributed by atoms with Gasteiger partial charge < -0.3 is 20.1 Å². The minimum Gasteiger partial charge on any atom is -0.389 e. The Morgan fingerprint density at radius 1 is 1.09 bits per heavy atom. The Hall–Kier alpha value is -0.160. The highest BCUT2D eigenvalue weighted by Crippen LogP contribution is 2.28. The molecule has 0 radical (unpaired) electrons. The van der Waals surface area contributed by atoms with Crippen LogP contribution < -0.4 is 5.32 Å². The van der Waals surface area contributed by atoms with E-state index >= 15 is 0 Å². The van der Waals surface area contributed by atoms with Crippen LogP contribution in [-0.4, -0.2) is 61.5 Å². The normalized spacial score (nSPS) is 29.6. The van der Waals surface area contributed by atoms with Gasteiger partial charge in [-0.2, -0.15) is 0 Å². The highest BCUT2D eigenvalue weighted by Gasteiger charge is 2.25. The lowest BCUT2D eigenvalue weighted by Crippen LogP contribution is -2.48. The van der Waals surface area contributed by atoms with E-state index in [1.807, 2.05) is 0 Å². The summed E-state index contributed by atoms with van der Waals surface area (Å²) in [5.74, 6) is 0.993. The summed E-state index contributed by atoms with van der Waals surface area (Å²) in [5, 5.41) is 13.7. The zero-order chi connectivity index (χ0) is 15.8. The second-order valence-electron chi connectivity index (χ2n) is 7.36. The van der Waals surface area contributed by atoms with Crippen molar-refractivity contribution in [3.63, 3.8) is 0 Å². The Balaban J connectivity index is 1.60. The average molecular weight is 312 g/mol. The maximum absolute atomic E-state index is 9.81. The number of nitrogens with zero attached hydrogens (tertiary/aromatic N) is 1. The number of rotatable bonds is 8. The Morgan fingerprint density at radius 3 is 2.32 bits per heavy atom. The fourth-order valence-corrected chi connectivity index (χ4v) is 4.18. The summed E-state index contributed by atoms with van der Waals surface area (Å²) < 4.78 is 5.00. The van der Waals surface area contributed by atoms with Crippen molar-refractivity contribution in [3.05, 3.63) is 0 Å². The third-order valence-electron chi connectivity index (χ3n) is 5.43. The summed E-state index contributed by atoms with van der Waals surface area (Å²) in [6.07, 6.45) is 10.5. The molecule has 0 aromatic rings. The van der Waals surface area contributed by atoms with Crippen LogP contribution in [0, 0.1) is 5.92 Å². The molecule has 1 aliphatic carbocycles. The van der Waals surface area contributed by atoms with E-state index < -0.39 is 0 Å². The van der Waals surface area contributed by atoms with Crippen LogP contribution in [0.15, 0.2) is 0 Å². The molecule has 2 fully saturated rings.